The van der Waals surface area contributed by atoms with E-state index in [1.165, 1.54) is 17.7 Å². The van der Waals surface area contributed by atoms with Gasteiger partial charge in [-0.05, 0) is 51.2 Å². The average Bonchev–Trinajstić information content (AvgIpc) is 2.85. The Morgan fingerprint density at radius 2 is 2.17 bits per heavy atom. The van der Waals surface area contributed by atoms with Gasteiger partial charge in [0.2, 0.25) is 0 Å². The minimum absolute atomic E-state index is 0.0990. The van der Waals surface area contributed by atoms with Crippen molar-refractivity contribution in [1.29, 1.82) is 0 Å². The Labute approximate surface area is 145 Å². The Hall–Kier alpha value is -1.26. The molecule has 1 saturated heterocycles. The third-order valence-corrected chi connectivity index (χ3v) is 5.65. The highest BCUT2D eigenvalue weighted by Gasteiger charge is 2.55. The van der Waals surface area contributed by atoms with Gasteiger partial charge in [0.15, 0.2) is 0 Å². The third-order valence-electron chi connectivity index (χ3n) is 5.65. The second kappa shape index (κ2) is 7.32. The molecular formula is C20H30O4. The minimum Gasteiger partial charge on any atom is -0.383 e. The summed E-state index contributed by atoms with van der Waals surface area (Å²) in [5.74, 6) is 1.23. The Balaban J connectivity index is 2.43. The van der Waals surface area contributed by atoms with Gasteiger partial charge in [0.05, 0.1) is 12.2 Å². The molecule has 1 N–H and O–H groups in total. The lowest BCUT2D eigenvalue weighted by Crippen LogP contribution is -2.46. The molecule has 1 heterocycles. The quantitative estimate of drug-likeness (QED) is 0.460. The van der Waals surface area contributed by atoms with Crippen LogP contribution in [0.15, 0.2) is 23.8 Å². The molecule has 0 unspecified atom stereocenters. The van der Waals surface area contributed by atoms with Crippen molar-refractivity contribution >= 4 is 12.1 Å². The van der Waals surface area contributed by atoms with Crippen molar-refractivity contribution in [3.05, 3.63) is 23.8 Å². The van der Waals surface area contributed by atoms with E-state index in [0.29, 0.717) is 24.5 Å². The summed E-state index contributed by atoms with van der Waals surface area (Å²) in [5, 5.41) is 10.9. The Bertz CT molecular complexity index is 544. The lowest BCUT2D eigenvalue weighted by Gasteiger charge is -2.41. The molecule has 0 aromatic rings. The van der Waals surface area contributed by atoms with Crippen molar-refractivity contribution in [3.63, 3.8) is 0 Å². The van der Waals surface area contributed by atoms with Crippen molar-refractivity contribution in [2.24, 2.45) is 23.7 Å². The molecule has 0 amide bonds. The zero-order chi connectivity index (χ0) is 18.1. The summed E-state index contributed by atoms with van der Waals surface area (Å²) in [6, 6.07) is 0. The molecule has 0 bridgehead atoms. The predicted molar refractivity (Wildman–Crippen MR) is 93.5 cm³/mol. The summed E-state index contributed by atoms with van der Waals surface area (Å²) < 4.78 is 6.25. The Morgan fingerprint density at radius 3 is 2.71 bits per heavy atom. The number of fused-ring (bicyclic) bond motifs is 1. The van der Waals surface area contributed by atoms with Crippen LogP contribution in [0.5, 0.6) is 0 Å². The fourth-order valence-corrected chi connectivity index (χ4v) is 4.53. The first-order valence-corrected chi connectivity index (χ1v) is 8.86. The number of ether oxygens (including phenoxy) is 1. The number of aldehydes is 1. The van der Waals surface area contributed by atoms with Gasteiger partial charge in [-0.15, -0.1) is 0 Å². The van der Waals surface area contributed by atoms with Gasteiger partial charge in [-0.3, -0.25) is 9.59 Å². The topological polar surface area (TPSA) is 63.6 Å². The molecule has 0 aromatic heterocycles. The van der Waals surface area contributed by atoms with Crippen molar-refractivity contribution in [1.82, 2.24) is 0 Å². The molecule has 134 valence electrons. The number of rotatable bonds is 6. The maximum absolute atomic E-state index is 11.7. The van der Waals surface area contributed by atoms with Crippen molar-refractivity contribution < 1.29 is 19.4 Å². The summed E-state index contributed by atoms with van der Waals surface area (Å²) in [5.41, 5.74) is 0.0148. The highest BCUT2D eigenvalue weighted by atomic mass is 16.5. The molecular weight excluding hydrogens is 304 g/mol. The van der Waals surface area contributed by atoms with E-state index >= 15 is 0 Å². The van der Waals surface area contributed by atoms with Crippen molar-refractivity contribution in [2.75, 3.05) is 0 Å². The number of carbonyl (C=O) groups excluding carboxylic acids is 2. The van der Waals surface area contributed by atoms with Gasteiger partial charge in [-0.1, -0.05) is 25.5 Å². The molecule has 24 heavy (non-hydrogen) atoms. The normalized spacial score (nSPS) is 35.6. The van der Waals surface area contributed by atoms with Crippen LogP contribution in [-0.2, 0) is 14.3 Å². The van der Waals surface area contributed by atoms with E-state index in [9.17, 15) is 14.7 Å². The fraction of sp³-hybridized carbons (Fsp3) is 0.700. The largest absolute Gasteiger partial charge is 0.383 e. The highest BCUT2D eigenvalue weighted by molar-refractivity contribution is 5.76. The van der Waals surface area contributed by atoms with Crippen LogP contribution in [0.2, 0.25) is 0 Å². The van der Waals surface area contributed by atoms with Crippen LogP contribution >= 0.6 is 0 Å². The zero-order valence-corrected chi connectivity index (χ0v) is 15.4. The molecule has 4 nitrogen and oxygen atoms in total. The van der Waals surface area contributed by atoms with Gasteiger partial charge in [-0.2, -0.15) is 0 Å². The number of Topliss-reactive ketones (excluding diaryl/α,β-unsaturated/α-hetero) is 1. The van der Waals surface area contributed by atoms with Crippen LogP contribution in [0, 0.1) is 23.7 Å². The zero-order valence-electron chi connectivity index (χ0n) is 15.4. The lowest BCUT2D eigenvalue weighted by molar-refractivity contribution is -0.123. The number of ketones is 1. The summed E-state index contributed by atoms with van der Waals surface area (Å²) in [7, 11) is 0. The second-order valence-corrected chi connectivity index (χ2v) is 7.92. The van der Waals surface area contributed by atoms with Crippen molar-refractivity contribution in [2.45, 2.75) is 65.3 Å². The molecule has 2 rings (SSSR count). The van der Waals surface area contributed by atoms with E-state index in [-0.39, 0.29) is 23.7 Å². The number of hydrogen-bond acceptors (Lipinski definition) is 4. The molecule has 2 aliphatic rings. The van der Waals surface area contributed by atoms with Crippen LogP contribution < -0.4 is 0 Å². The van der Waals surface area contributed by atoms with Gasteiger partial charge in [-0.25, -0.2) is 0 Å². The molecule has 4 heteroatoms. The van der Waals surface area contributed by atoms with E-state index < -0.39 is 11.7 Å². The molecule has 1 fully saturated rings. The number of aliphatic hydroxyl groups is 1. The summed E-state index contributed by atoms with van der Waals surface area (Å²) in [6.45, 7) is 9.76. The Morgan fingerprint density at radius 1 is 1.50 bits per heavy atom. The smallest absolute Gasteiger partial charge is 0.142 e. The van der Waals surface area contributed by atoms with E-state index in [2.05, 4.69) is 26.8 Å². The van der Waals surface area contributed by atoms with Crippen molar-refractivity contribution in [3.8, 4) is 0 Å². The van der Waals surface area contributed by atoms with Crippen LogP contribution in [-0.4, -0.2) is 35.0 Å². The molecule has 0 saturated carbocycles. The van der Waals surface area contributed by atoms with E-state index in [0.717, 1.165) is 6.42 Å². The van der Waals surface area contributed by atoms with E-state index in [1.807, 2.05) is 0 Å². The lowest BCUT2D eigenvalue weighted by atomic mass is 9.63. The SMILES string of the molecule is CC(=O)C[C@H]1O[C@@H]([C@](C)(O)C=CC=O)[C@H]2[C@@H]1C(C)=CC[C@@H]2C(C)C. The number of allylic oxidation sites excluding steroid dienone is 2. The van der Waals surface area contributed by atoms with E-state index in [1.54, 1.807) is 13.8 Å². The standard InChI is InChI=1S/C20H30O4/c1-12(2)15-8-7-13(3)17-16(11-14(4)22)24-19(18(15)17)20(5,23)9-6-10-21/h6-7,9-10,12,15-19,23H,8,11H2,1-5H3/t15-,16-,17-,18-,19-,20-/m1/s1. The van der Waals surface area contributed by atoms with Crippen LogP contribution in [0.25, 0.3) is 0 Å². The van der Waals surface area contributed by atoms with Crippen LogP contribution in [0.4, 0.5) is 0 Å². The summed E-state index contributed by atoms with van der Waals surface area (Å²) in [4.78, 5) is 22.4. The molecule has 0 radical (unpaired) electrons. The second-order valence-electron chi connectivity index (χ2n) is 7.92. The molecule has 0 aromatic carbocycles. The third kappa shape index (κ3) is 3.70. The minimum atomic E-state index is -1.24. The average molecular weight is 334 g/mol. The highest BCUT2D eigenvalue weighted by Crippen LogP contribution is 2.51. The van der Waals surface area contributed by atoms with Gasteiger partial charge < -0.3 is 9.84 Å². The first-order chi connectivity index (χ1) is 11.2. The first kappa shape index (κ1) is 19.1. The maximum atomic E-state index is 11.7. The number of hydrogen-bond donors (Lipinski definition) is 1. The van der Waals surface area contributed by atoms with Gasteiger partial charge in [0.1, 0.15) is 17.7 Å². The molecule has 1 aliphatic carbocycles. The van der Waals surface area contributed by atoms with Gasteiger partial charge in [0.25, 0.3) is 0 Å². The molecule has 1 aliphatic heterocycles. The predicted octanol–water partition coefficient (Wildman–Crippen LogP) is 3.09. The first-order valence-electron chi connectivity index (χ1n) is 8.86. The monoisotopic (exact) mass is 334 g/mol. The fourth-order valence-electron chi connectivity index (χ4n) is 4.53. The van der Waals surface area contributed by atoms with Gasteiger partial charge >= 0.3 is 0 Å². The maximum Gasteiger partial charge on any atom is 0.142 e. The number of carbonyl (C=O) groups is 2. The molecule has 6 atom stereocenters. The molecule has 0 spiro atoms. The summed E-state index contributed by atoms with van der Waals surface area (Å²) in [6.07, 6.45) is 6.48. The van der Waals surface area contributed by atoms with Crippen LogP contribution in [0.1, 0.15) is 47.5 Å². The Kier molecular flexibility index (Phi) is 5.82. The summed E-state index contributed by atoms with van der Waals surface area (Å²) >= 11 is 0. The van der Waals surface area contributed by atoms with Gasteiger partial charge in [0, 0.05) is 18.3 Å². The van der Waals surface area contributed by atoms with Crippen LogP contribution in [0.3, 0.4) is 0 Å². The van der Waals surface area contributed by atoms with E-state index in [4.69, 9.17) is 4.74 Å².